The lowest BCUT2D eigenvalue weighted by molar-refractivity contribution is 0.0349. The van der Waals surface area contributed by atoms with Gasteiger partial charge in [-0.25, -0.2) is 9.97 Å². The maximum absolute atomic E-state index is 10.2. The fourth-order valence-electron chi connectivity index (χ4n) is 3.90. The molecule has 2 saturated heterocycles. The number of aromatic nitrogens is 3. The van der Waals surface area contributed by atoms with E-state index in [1.807, 2.05) is 19.1 Å². The monoisotopic (exact) mass is 377 g/mol. The summed E-state index contributed by atoms with van der Waals surface area (Å²) < 4.78 is 0. The molecule has 28 heavy (non-hydrogen) atoms. The van der Waals surface area contributed by atoms with Crippen molar-refractivity contribution in [3.8, 4) is 0 Å². The fourth-order valence-corrected chi connectivity index (χ4v) is 3.90. The molecule has 0 spiro atoms. The average molecular weight is 377 g/mol. The highest BCUT2D eigenvalue weighted by Gasteiger charge is 2.35. The summed E-state index contributed by atoms with van der Waals surface area (Å²) in [4.78, 5) is 18.5. The van der Waals surface area contributed by atoms with Crippen LogP contribution in [0.1, 0.15) is 42.6 Å². The summed E-state index contributed by atoms with van der Waals surface area (Å²) in [6.07, 6.45) is 8.61. The van der Waals surface area contributed by atoms with Crippen molar-refractivity contribution in [2.24, 2.45) is 0 Å². The third-order valence-electron chi connectivity index (χ3n) is 5.79. The SMILES string of the molecule is C=Cc1ccc(N2CC(c3nccnc3N3CCC(C)(O)CC3)C2)nc1C=C. The molecule has 0 amide bonds. The second-order valence-corrected chi connectivity index (χ2v) is 7.90. The van der Waals surface area contributed by atoms with Crippen molar-refractivity contribution >= 4 is 23.8 Å². The van der Waals surface area contributed by atoms with Gasteiger partial charge in [0.1, 0.15) is 5.82 Å². The number of aliphatic hydroxyl groups is 1. The maximum atomic E-state index is 10.2. The van der Waals surface area contributed by atoms with E-state index >= 15 is 0 Å². The van der Waals surface area contributed by atoms with Crippen molar-refractivity contribution in [2.45, 2.75) is 31.3 Å². The van der Waals surface area contributed by atoms with Gasteiger partial charge in [0.2, 0.25) is 0 Å². The number of hydrogen-bond donors (Lipinski definition) is 1. The molecule has 0 radical (unpaired) electrons. The van der Waals surface area contributed by atoms with Crippen LogP contribution >= 0.6 is 0 Å². The van der Waals surface area contributed by atoms with E-state index in [4.69, 9.17) is 4.98 Å². The van der Waals surface area contributed by atoms with Crippen LogP contribution < -0.4 is 9.80 Å². The molecule has 4 heterocycles. The van der Waals surface area contributed by atoms with Crippen LogP contribution in [-0.2, 0) is 0 Å². The topological polar surface area (TPSA) is 65.4 Å². The lowest BCUT2D eigenvalue weighted by Gasteiger charge is -2.42. The second kappa shape index (κ2) is 7.36. The molecule has 0 saturated carbocycles. The number of nitrogens with zero attached hydrogens (tertiary/aromatic N) is 5. The number of hydrogen-bond acceptors (Lipinski definition) is 6. The van der Waals surface area contributed by atoms with Gasteiger partial charge in [-0.05, 0) is 43.5 Å². The second-order valence-electron chi connectivity index (χ2n) is 7.90. The summed E-state index contributed by atoms with van der Waals surface area (Å²) in [7, 11) is 0. The largest absolute Gasteiger partial charge is 0.390 e. The smallest absolute Gasteiger partial charge is 0.150 e. The zero-order valence-electron chi connectivity index (χ0n) is 16.4. The molecule has 2 fully saturated rings. The van der Waals surface area contributed by atoms with Crippen LogP contribution in [0.3, 0.4) is 0 Å². The van der Waals surface area contributed by atoms with Crippen LogP contribution in [0.25, 0.3) is 12.2 Å². The standard InChI is InChI=1S/C22H27N5O/c1-4-16-6-7-19(25-18(16)5-2)27-14-17(15-27)20-21(24-11-10-23-20)26-12-8-22(3,28)9-13-26/h4-7,10-11,17,28H,1-2,8-9,12-15H2,3H3. The summed E-state index contributed by atoms with van der Waals surface area (Å²) in [6, 6.07) is 4.07. The predicted octanol–water partition coefficient (Wildman–Crippen LogP) is 3.11. The third-order valence-corrected chi connectivity index (χ3v) is 5.79. The van der Waals surface area contributed by atoms with E-state index in [0.717, 1.165) is 67.6 Å². The lowest BCUT2D eigenvalue weighted by atomic mass is 9.92. The Morgan fingerprint density at radius 1 is 1.07 bits per heavy atom. The molecule has 0 atom stereocenters. The Morgan fingerprint density at radius 3 is 2.46 bits per heavy atom. The highest BCUT2D eigenvalue weighted by atomic mass is 16.3. The molecule has 146 valence electrons. The van der Waals surface area contributed by atoms with E-state index in [-0.39, 0.29) is 0 Å². The van der Waals surface area contributed by atoms with Gasteiger partial charge in [0.05, 0.1) is 17.0 Å². The first-order valence-corrected chi connectivity index (χ1v) is 9.80. The molecule has 1 N–H and O–H groups in total. The quantitative estimate of drug-likeness (QED) is 0.864. The number of pyridine rings is 1. The van der Waals surface area contributed by atoms with Crippen molar-refractivity contribution in [1.29, 1.82) is 0 Å². The first kappa shape index (κ1) is 18.6. The minimum absolute atomic E-state index is 0.333. The molecular formula is C22H27N5O. The van der Waals surface area contributed by atoms with Gasteiger partial charge in [-0.2, -0.15) is 0 Å². The number of anilines is 2. The Labute approximate surface area is 166 Å². The minimum atomic E-state index is -0.571. The van der Waals surface area contributed by atoms with Gasteiger partial charge in [-0.15, -0.1) is 0 Å². The average Bonchev–Trinajstić information content (AvgIpc) is 2.67. The minimum Gasteiger partial charge on any atom is -0.390 e. The first-order chi connectivity index (χ1) is 13.5. The predicted molar refractivity (Wildman–Crippen MR) is 113 cm³/mol. The highest BCUT2D eigenvalue weighted by Crippen LogP contribution is 2.35. The molecule has 2 aromatic heterocycles. The zero-order valence-corrected chi connectivity index (χ0v) is 16.4. The van der Waals surface area contributed by atoms with E-state index in [9.17, 15) is 5.11 Å². The molecule has 0 bridgehead atoms. The van der Waals surface area contributed by atoms with E-state index in [1.165, 1.54) is 0 Å². The summed E-state index contributed by atoms with van der Waals surface area (Å²) in [5, 5.41) is 10.2. The van der Waals surface area contributed by atoms with Crippen molar-refractivity contribution in [2.75, 3.05) is 36.0 Å². The van der Waals surface area contributed by atoms with Crippen LogP contribution in [-0.4, -0.2) is 51.8 Å². The molecule has 2 aliphatic rings. The Bertz CT molecular complexity index is 878. The molecule has 2 aliphatic heterocycles. The van der Waals surface area contributed by atoms with Crippen molar-refractivity contribution < 1.29 is 5.11 Å². The van der Waals surface area contributed by atoms with Crippen LogP contribution in [0.4, 0.5) is 11.6 Å². The third kappa shape index (κ3) is 3.52. The van der Waals surface area contributed by atoms with Crippen LogP contribution in [0.5, 0.6) is 0 Å². The van der Waals surface area contributed by atoms with Crippen LogP contribution in [0, 0.1) is 0 Å². The van der Waals surface area contributed by atoms with Gasteiger partial charge in [-0.1, -0.05) is 19.2 Å². The van der Waals surface area contributed by atoms with Crippen molar-refractivity contribution in [3.63, 3.8) is 0 Å². The van der Waals surface area contributed by atoms with Crippen LogP contribution in [0.15, 0.2) is 37.7 Å². The van der Waals surface area contributed by atoms with Gasteiger partial charge in [0, 0.05) is 44.5 Å². The Balaban J connectivity index is 1.48. The summed E-state index contributed by atoms with van der Waals surface area (Å²) in [5.74, 6) is 2.25. The summed E-state index contributed by atoms with van der Waals surface area (Å²) in [6.45, 7) is 12.9. The van der Waals surface area contributed by atoms with E-state index < -0.39 is 5.60 Å². The Kier molecular flexibility index (Phi) is 4.89. The van der Waals surface area contributed by atoms with Gasteiger partial charge >= 0.3 is 0 Å². The molecule has 6 heteroatoms. The Hall–Kier alpha value is -2.73. The van der Waals surface area contributed by atoms with E-state index in [1.54, 1.807) is 24.5 Å². The van der Waals surface area contributed by atoms with Gasteiger partial charge in [0.15, 0.2) is 5.82 Å². The summed E-state index contributed by atoms with van der Waals surface area (Å²) >= 11 is 0. The highest BCUT2D eigenvalue weighted by molar-refractivity contribution is 5.63. The van der Waals surface area contributed by atoms with E-state index in [2.05, 4.69) is 32.9 Å². The summed E-state index contributed by atoms with van der Waals surface area (Å²) in [5.41, 5.74) is 2.33. The van der Waals surface area contributed by atoms with Crippen LogP contribution in [0.2, 0.25) is 0 Å². The van der Waals surface area contributed by atoms with E-state index in [0.29, 0.717) is 5.92 Å². The Morgan fingerprint density at radius 2 is 1.79 bits per heavy atom. The van der Waals surface area contributed by atoms with Gasteiger partial charge in [0.25, 0.3) is 0 Å². The zero-order chi connectivity index (χ0) is 19.7. The fraction of sp³-hybridized carbons (Fsp3) is 0.409. The van der Waals surface area contributed by atoms with Gasteiger partial charge < -0.3 is 14.9 Å². The molecule has 0 unspecified atom stereocenters. The van der Waals surface area contributed by atoms with Crippen molar-refractivity contribution in [3.05, 3.63) is 54.6 Å². The molecule has 2 aromatic rings. The maximum Gasteiger partial charge on any atom is 0.150 e. The molecule has 4 rings (SSSR count). The van der Waals surface area contributed by atoms with Crippen molar-refractivity contribution in [1.82, 2.24) is 15.0 Å². The number of piperidine rings is 1. The lowest BCUT2D eigenvalue weighted by Crippen LogP contribution is -2.47. The molecular weight excluding hydrogens is 350 g/mol. The van der Waals surface area contributed by atoms with Gasteiger partial charge in [-0.3, -0.25) is 4.98 Å². The molecule has 0 aliphatic carbocycles. The molecule has 6 nitrogen and oxygen atoms in total. The molecule has 0 aromatic carbocycles. The number of rotatable bonds is 5. The normalized spacial score (nSPS) is 19.2. The first-order valence-electron chi connectivity index (χ1n) is 9.80.